The number of aromatic amines is 1. The molecule has 0 saturated carbocycles. The normalized spacial score (nSPS) is 11.3. The standard InChI is InChI=1S/C21H20BrN3O3/c1-4-14-10-15(22)7-8-18(14)25-20(27)16(19(26)24-21(25)28)11-23-17-9-12(2)5-6-13(17)3/h5-11,27H,4H2,1-3H3,(H,24,26,28). The summed E-state index contributed by atoms with van der Waals surface area (Å²) >= 11 is 3.41. The van der Waals surface area contributed by atoms with Crippen molar-refractivity contribution >= 4 is 27.8 Å². The number of H-pyrrole nitrogens is 1. The summed E-state index contributed by atoms with van der Waals surface area (Å²) in [5, 5.41) is 10.7. The van der Waals surface area contributed by atoms with Crippen molar-refractivity contribution in [3.8, 4) is 11.6 Å². The number of nitrogens with one attached hydrogen (secondary N) is 1. The van der Waals surface area contributed by atoms with E-state index in [2.05, 4.69) is 25.9 Å². The van der Waals surface area contributed by atoms with Crippen LogP contribution < -0.4 is 11.2 Å². The van der Waals surface area contributed by atoms with Gasteiger partial charge in [0.15, 0.2) is 0 Å². The third-order valence-electron chi connectivity index (χ3n) is 4.48. The maximum absolute atomic E-state index is 12.4. The van der Waals surface area contributed by atoms with Crippen molar-refractivity contribution in [3.05, 3.63) is 84.0 Å². The van der Waals surface area contributed by atoms with E-state index in [0.717, 1.165) is 25.7 Å². The lowest BCUT2D eigenvalue weighted by atomic mass is 10.1. The van der Waals surface area contributed by atoms with E-state index in [-0.39, 0.29) is 5.56 Å². The Morgan fingerprint density at radius 2 is 1.93 bits per heavy atom. The maximum Gasteiger partial charge on any atom is 0.335 e. The fourth-order valence-corrected chi connectivity index (χ4v) is 3.33. The quantitative estimate of drug-likeness (QED) is 0.601. The van der Waals surface area contributed by atoms with Crippen LogP contribution in [0.3, 0.4) is 0 Å². The van der Waals surface area contributed by atoms with Crippen molar-refractivity contribution in [2.75, 3.05) is 0 Å². The number of aryl methyl sites for hydroxylation is 3. The third-order valence-corrected chi connectivity index (χ3v) is 4.97. The fraction of sp³-hybridized carbons (Fsp3) is 0.190. The molecular formula is C21H20BrN3O3. The lowest BCUT2D eigenvalue weighted by Gasteiger charge is -2.13. The Hall–Kier alpha value is -2.93. The van der Waals surface area contributed by atoms with Crippen LogP contribution in [-0.4, -0.2) is 20.9 Å². The number of aromatic hydroxyl groups is 1. The smallest absolute Gasteiger partial charge is 0.335 e. The van der Waals surface area contributed by atoms with E-state index in [0.29, 0.717) is 17.8 Å². The van der Waals surface area contributed by atoms with E-state index in [1.165, 1.54) is 6.21 Å². The van der Waals surface area contributed by atoms with Crippen molar-refractivity contribution in [2.45, 2.75) is 27.2 Å². The predicted molar refractivity (Wildman–Crippen MR) is 115 cm³/mol. The highest BCUT2D eigenvalue weighted by atomic mass is 79.9. The highest BCUT2D eigenvalue weighted by Gasteiger charge is 2.16. The molecule has 0 amide bonds. The maximum atomic E-state index is 12.4. The number of halogens is 1. The Labute approximate surface area is 170 Å². The van der Waals surface area contributed by atoms with Gasteiger partial charge < -0.3 is 5.11 Å². The van der Waals surface area contributed by atoms with Gasteiger partial charge in [0.1, 0.15) is 5.56 Å². The molecule has 0 atom stereocenters. The van der Waals surface area contributed by atoms with Crippen LogP contribution in [0.25, 0.3) is 5.69 Å². The summed E-state index contributed by atoms with van der Waals surface area (Å²) in [4.78, 5) is 31.3. The number of benzene rings is 2. The van der Waals surface area contributed by atoms with Gasteiger partial charge in [-0.15, -0.1) is 0 Å². The van der Waals surface area contributed by atoms with Crippen molar-refractivity contribution in [3.63, 3.8) is 0 Å². The van der Waals surface area contributed by atoms with Gasteiger partial charge in [0.25, 0.3) is 5.56 Å². The van der Waals surface area contributed by atoms with Gasteiger partial charge in [-0.1, -0.05) is 35.0 Å². The summed E-state index contributed by atoms with van der Waals surface area (Å²) in [6.07, 6.45) is 1.93. The Morgan fingerprint density at radius 1 is 1.18 bits per heavy atom. The van der Waals surface area contributed by atoms with E-state index in [1.54, 1.807) is 12.1 Å². The molecule has 3 rings (SSSR count). The van der Waals surface area contributed by atoms with Crippen LogP contribution in [-0.2, 0) is 6.42 Å². The van der Waals surface area contributed by atoms with Gasteiger partial charge in [-0.05, 0) is 61.2 Å². The van der Waals surface area contributed by atoms with Crippen LogP contribution in [0, 0.1) is 13.8 Å². The van der Waals surface area contributed by atoms with Gasteiger partial charge in [0, 0.05) is 10.7 Å². The molecule has 6 nitrogen and oxygen atoms in total. The lowest BCUT2D eigenvalue weighted by molar-refractivity contribution is 0.429. The molecule has 0 fully saturated rings. The van der Waals surface area contributed by atoms with E-state index < -0.39 is 17.1 Å². The molecule has 28 heavy (non-hydrogen) atoms. The molecule has 0 aliphatic carbocycles. The first-order valence-corrected chi connectivity index (χ1v) is 9.59. The van der Waals surface area contributed by atoms with Crippen LogP contribution in [0.5, 0.6) is 5.88 Å². The summed E-state index contributed by atoms with van der Waals surface area (Å²) in [5.41, 5.74) is 2.53. The third kappa shape index (κ3) is 3.84. The van der Waals surface area contributed by atoms with Crippen LogP contribution in [0.4, 0.5) is 5.69 Å². The highest BCUT2D eigenvalue weighted by Crippen LogP contribution is 2.24. The average molecular weight is 442 g/mol. The molecule has 0 saturated heterocycles. The van der Waals surface area contributed by atoms with Crippen molar-refractivity contribution < 1.29 is 5.11 Å². The van der Waals surface area contributed by atoms with Gasteiger partial charge in [0.2, 0.25) is 5.88 Å². The molecular weight excluding hydrogens is 422 g/mol. The number of nitrogens with zero attached hydrogens (tertiary/aromatic N) is 2. The zero-order chi connectivity index (χ0) is 20.4. The molecule has 0 unspecified atom stereocenters. The SMILES string of the molecule is CCc1cc(Br)ccc1-n1c(O)c(C=Nc2cc(C)ccc2C)c(=O)[nH]c1=O. The van der Waals surface area contributed by atoms with Crippen LogP contribution in [0.15, 0.2) is 55.5 Å². The molecule has 3 aromatic rings. The zero-order valence-corrected chi connectivity index (χ0v) is 17.4. The van der Waals surface area contributed by atoms with Crippen LogP contribution in [0.1, 0.15) is 29.2 Å². The van der Waals surface area contributed by atoms with Crippen molar-refractivity contribution in [1.82, 2.24) is 9.55 Å². The van der Waals surface area contributed by atoms with E-state index in [1.807, 2.05) is 45.0 Å². The number of hydrogen-bond acceptors (Lipinski definition) is 4. The minimum absolute atomic E-state index is 0.0783. The summed E-state index contributed by atoms with van der Waals surface area (Å²) in [5.74, 6) is -0.445. The summed E-state index contributed by atoms with van der Waals surface area (Å²) in [6, 6.07) is 11.2. The number of aliphatic imine (C=N–C) groups is 1. The zero-order valence-electron chi connectivity index (χ0n) is 15.8. The second-order valence-electron chi connectivity index (χ2n) is 6.51. The number of hydrogen-bond donors (Lipinski definition) is 2. The lowest BCUT2D eigenvalue weighted by Crippen LogP contribution is -2.31. The Morgan fingerprint density at radius 3 is 2.64 bits per heavy atom. The van der Waals surface area contributed by atoms with E-state index in [9.17, 15) is 14.7 Å². The van der Waals surface area contributed by atoms with Crippen LogP contribution >= 0.6 is 15.9 Å². The van der Waals surface area contributed by atoms with Gasteiger partial charge in [-0.25, -0.2) is 9.36 Å². The monoisotopic (exact) mass is 441 g/mol. The number of aromatic nitrogens is 2. The first kappa shape index (κ1) is 19.8. The van der Waals surface area contributed by atoms with Crippen LogP contribution in [0.2, 0.25) is 0 Å². The minimum Gasteiger partial charge on any atom is -0.493 e. The fourth-order valence-electron chi connectivity index (χ4n) is 2.93. The van der Waals surface area contributed by atoms with E-state index in [4.69, 9.17) is 0 Å². The Kier molecular flexibility index (Phi) is 5.65. The summed E-state index contributed by atoms with van der Waals surface area (Å²) in [6.45, 7) is 5.80. The number of rotatable bonds is 4. The molecule has 2 N–H and O–H groups in total. The van der Waals surface area contributed by atoms with Gasteiger partial charge in [-0.2, -0.15) is 0 Å². The molecule has 0 spiro atoms. The molecule has 0 aliphatic heterocycles. The van der Waals surface area contributed by atoms with Gasteiger partial charge in [-0.3, -0.25) is 14.8 Å². The van der Waals surface area contributed by atoms with E-state index >= 15 is 0 Å². The molecule has 1 heterocycles. The molecule has 144 valence electrons. The average Bonchev–Trinajstić information content (AvgIpc) is 2.65. The van der Waals surface area contributed by atoms with Gasteiger partial charge in [0.05, 0.1) is 11.4 Å². The topological polar surface area (TPSA) is 87.4 Å². The molecule has 0 aliphatic rings. The van der Waals surface area contributed by atoms with Gasteiger partial charge >= 0.3 is 5.69 Å². The Bertz CT molecular complexity index is 1190. The predicted octanol–water partition coefficient (Wildman–Crippen LogP) is 3.92. The minimum atomic E-state index is -0.705. The second kappa shape index (κ2) is 7.98. The molecule has 0 radical (unpaired) electrons. The first-order valence-electron chi connectivity index (χ1n) is 8.80. The molecule has 0 bridgehead atoms. The second-order valence-corrected chi connectivity index (χ2v) is 7.42. The first-order chi connectivity index (χ1) is 13.3. The highest BCUT2D eigenvalue weighted by molar-refractivity contribution is 9.10. The Balaban J connectivity index is 2.19. The van der Waals surface area contributed by atoms with Crippen molar-refractivity contribution in [2.24, 2.45) is 4.99 Å². The largest absolute Gasteiger partial charge is 0.493 e. The molecule has 2 aromatic carbocycles. The summed E-state index contributed by atoms with van der Waals surface area (Å²) in [7, 11) is 0. The molecule has 7 heteroatoms. The van der Waals surface area contributed by atoms with Crippen molar-refractivity contribution in [1.29, 1.82) is 0 Å². The molecule has 1 aromatic heterocycles. The summed E-state index contributed by atoms with van der Waals surface area (Å²) < 4.78 is 1.96.